The van der Waals surface area contributed by atoms with Crippen LogP contribution in [-0.2, 0) is 32.3 Å². The summed E-state index contributed by atoms with van der Waals surface area (Å²) in [5, 5.41) is 2.77. The number of hydrogen-bond acceptors (Lipinski definition) is 5. The van der Waals surface area contributed by atoms with Gasteiger partial charge in [-0.1, -0.05) is 91.0 Å². The lowest BCUT2D eigenvalue weighted by molar-refractivity contribution is -0.152. The summed E-state index contributed by atoms with van der Waals surface area (Å²) in [4.78, 5) is 38.4. The van der Waals surface area contributed by atoms with Gasteiger partial charge in [0.2, 0.25) is 0 Å². The molecule has 1 N–H and O–H groups in total. The number of nitrogens with one attached hydrogen (secondary N) is 1. The zero-order valence-corrected chi connectivity index (χ0v) is 18.1. The number of carbonyl (C=O) groups is 3. The maximum atomic E-state index is 12.9. The van der Waals surface area contributed by atoms with Crippen molar-refractivity contribution in [1.29, 1.82) is 0 Å². The van der Waals surface area contributed by atoms with Crippen LogP contribution in [-0.4, -0.2) is 23.9 Å². The van der Waals surface area contributed by atoms with Crippen LogP contribution < -0.4 is 5.32 Å². The van der Waals surface area contributed by atoms with Gasteiger partial charge in [0.1, 0.15) is 24.9 Å². The lowest BCUT2D eigenvalue weighted by atomic mass is 9.91. The first-order chi connectivity index (χ1) is 16.1. The minimum absolute atomic E-state index is 0.0601. The average molecular weight is 443 g/mol. The lowest BCUT2D eigenvalue weighted by Crippen LogP contribution is -2.45. The third-order valence-electron chi connectivity index (χ3n) is 5.76. The molecular formula is C27H25NO5. The predicted molar refractivity (Wildman–Crippen MR) is 122 cm³/mol. The molecule has 0 radical (unpaired) electrons. The van der Waals surface area contributed by atoms with Crippen LogP contribution in [0.1, 0.15) is 29.0 Å². The van der Waals surface area contributed by atoms with Crippen molar-refractivity contribution < 1.29 is 23.9 Å². The first-order valence-corrected chi connectivity index (χ1v) is 10.9. The highest BCUT2D eigenvalue weighted by Crippen LogP contribution is 2.37. The van der Waals surface area contributed by atoms with Gasteiger partial charge in [-0.25, -0.2) is 4.79 Å². The standard InChI is InChI=1S/C27H25NO5/c29-23-16-22(21-14-8-3-9-15-21)25(28-27(31)33-18-20-12-6-2-7-13-20)24(23)26(30)32-17-19-10-4-1-5-11-19/h1-15,22,24-25H,16-18H2,(H,28,31)/t22-,24-,25-/m1/s1. The van der Waals surface area contributed by atoms with Crippen molar-refractivity contribution in [2.24, 2.45) is 5.92 Å². The average Bonchev–Trinajstić information content (AvgIpc) is 3.18. The van der Waals surface area contributed by atoms with Crippen molar-refractivity contribution in [3.63, 3.8) is 0 Å². The number of benzene rings is 3. The van der Waals surface area contributed by atoms with E-state index in [1.807, 2.05) is 91.0 Å². The second kappa shape index (κ2) is 10.6. The minimum Gasteiger partial charge on any atom is -0.460 e. The highest BCUT2D eigenvalue weighted by molar-refractivity contribution is 6.03. The molecule has 3 atom stereocenters. The number of hydrogen-bond donors (Lipinski definition) is 1. The van der Waals surface area contributed by atoms with E-state index in [0.29, 0.717) is 0 Å². The van der Waals surface area contributed by atoms with Gasteiger partial charge in [-0.05, 0) is 16.7 Å². The largest absolute Gasteiger partial charge is 0.460 e. The van der Waals surface area contributed by atoms with Crippen molar-refractivity contribution in [1.82, 2.24) is 5.32 Å². The third kappa shape index (κ3) is 5.66. The molecule has 0 aliphatic heterocycles. The second-order valence-corrected chi connectivity index (χ2v) is 7.99. The van der Waals surface area contributed by atoms with E-state index in [2.05, 4.69) is 5.32 Å². The minimum atomic E-state index is -1.09. The van der Waals surface area contributed by atoms with E-state index >= 15 is 0 Å². The Hall–Kier alpha value is -3.93. The van der Waals surface area contributed by atoms with E-state index in [1.165, 1.54) is 0 Å². The summed E-state index contributed by atoms with van der Waals surface area (Å²) >= 11 is 0. The summed E-state index contributed by atoms with van der Waals surface area (Å²) in [7, 11) is 0. The fourth-order valence-corrected chi connectivity index (χ4v) is 4.11. The quantitative estimate of drug-likeness (QED) is 0.432. The smallest absolute Gasteiger partial charge is 0.407 e. The summed E-state index contributed by atoms with van der Waals surface area (Å²) in [5.41, 5.74) is 2.54. The molecule has 3 aromatic rings. The number of ether oxygens (including phenoxy) is 2. The van der Waals surface area contributed by atoms with E-state index in [-0.39, 0.29) is 31.3 Å². The number of carbonyl (C=O) groups excluding carboxylic acids is 3. The SMILES string of the molecule is O=C(N[C@H]1[C@H](C(=O)OCc2ccccc2)C(=O)C[C@@H]1c1ccccc1)OCc1ccccc1. The van der Waals surface area contributed by atoms with Crippen LogP contribution in [0.25, 0.3) is 0 Å². The Morgan fingerprint density at radius 3 is 1.85 bits per heavy atom. The van der Waals surface area contributed by atoms with Gasteiger partial charge in [-0.15, -0.1) is 0 Å². The fourth-order valence-electron chi connectivity index (χ4n) is 4.11. The van der Waals surface area contributed by atoms with Crippen LogP contribution in [0.2, 0.25) is 0 Å². The number of amides is 1. The molecule has 0 heterocycles. The molecule has 0 saturated heterocycles. The van der Waals surface area contributed by atoms with Crippen molar-refractivity contribution in [3.05, 3.63) is 108 Å². The third-order valence-corrected chi connectivity index (χ3v) is 5.76. The molecule has 1 fully saturated rings. The van der Waals surface area contributed by atoms with Crippen LogP contribution in [0.3, 0.4) is 0 Å². The van der Waals surface area contributed by atoms with E-state index in [0.717, 1.165) is 16.7 Å². The summed E-state index contributed by atoms with van der Waals surface area (Å²) in [6, 6.07) is 27.2. The molecule has 1 aliphatic carbocycles. The molecule has 6 nitrogen and oxygen atoms in total. The molecule has 1 saturated carbocycles. The van der Waals surface area contributed by atoms with Gasteiger partial charge in [-0.3, -0.25) is 9.59 Å². The number of esters is 1. The van der Waals surface area contributed by atoms with Crippen LogP contribution in [0.15, 0.2) is 91.0 Å². The summed E-state index contributed by atoms with van der Waals surface area (Å²) in [6.07, 6.45) is -0.543. The summed E-state index contributed by atoms with van der Waals surface area (Å²) in [5.74, 6) is -2.34. The Morgan fingerprint density at radius 2 is 1.27 bits per heavy atom. The maximum Gasteiger partial charge on any atom is 0.407 e. The van der Waals surface area contributed by atoms with Crippen LogP contribution >= 0.6 is 0 Å². The molecule has 0 aromatic heterocycles. The highest BCUT2D eigenvalue weighted by Gasteiger charge is 2.49. The number of ketones is 1. The molecule has 168 valence electrons. The Kier molecular flexibility index (Phi) is 7.15. The predicted octanol–water partition coefficient (Wildman–Crippen LogP) is 4.40. The summed E-state index contributed by atoms with van der Waals surface area (Å²) in [6.45, 7) is 0.150. The van der Waals surface area contributed by atoms with Crippen molar-refractivity contribution in [3.8, 4) is 0 Å². The molecule has 6 heteroatoms. The first kappa shape index (κ1) is 22.3. The topological polar surface area (TPSA) is 81.7 Å². The molecule has 4 rings (SSSR count). The van der Waals surface area contributed by atoms with Crippen LogP contribution in [0.5, 0.6) is 0 Å². The van der Waals surface area contributed by atoms with Gasteiger partial charge >= 0.3 is 12.1 Å². The highest BCUT2D eigenvalue weighted by atomic mass is 16.5. The second-order valence-electron chi connectivity index (χ2n) is 7.99. The van der Waals surface area contributed by atoms with Crippen molar-refractivity contribution in [2.75, 3.05) is 0 Å². The number of alkyl carbamates (subject to hydrolysis) is 1. The Labute approximate surface area is 192 Å². The fraction of sp³-hybridized carbons (Fsp3) is 0.222. The van der Waals surface area contributed by atoms with E-state index in [4.69, 9.17) is 9.47 Å². The van der Waals surface area contributed by atoms with Crippen LogP contribution in [0, 0.1) is 5.92 Å². The maximum absolute atomic E-state index is 12.9. The zero-order valence-electron chi connectivity index (χ0n) is 18.1. The molecule has 3 aromatic carbocycles. The Bertz CT molecular complexity index is 1090. The lowest BCUT2D eigenvalue weighted by Gasteiger charge is -2.24. The number of Topliss-reactive ketones (excluding diaryl/α,β-unsaturated/α-hetero) is 1. The molecule has 33 heavy (non-hydrogen) atoms. The van der Waals surface area contributed by atoms with E-state index < -0.39 is 24.0 Å². The molecule has 0 unspecified atom stereocenters. The van der Waals surface area contributed by atoms with Crippen LogP contribution in [0.4, 0.5) is 4.79 Å². The number of rotatable bonds is 7. The van der Waals surface area contributed by atoms with Crippen molar-refractivity contribution in [2.45, 2.75) is 31.6 Å². The molecule has 0 bridgehead atoms. The van der Waals surface area contributed by atoms with Gasteiger partial charge in [0.05, 0.1) is 6.04 Å². The zero-order chi connectivity index (χ0) is 23.0. The van der Waals surface area contributed by atoms with Gasteiger partial charge in [0.25, 0.3) is 0 Å². The van der Waals surface area contributed by atoms with Crippen molar-refractivity contribution >= 4 is 17.8 Å². The molecule has 1 aliphatic rings. The molecular weight excluding hydrogens is 418 g/mol. The van der Waals surface area contributed by atoms with Gasteiger partial charge in [-0.2, -0.15) is 0 Å². The monoisotopic (exact) mass is 443 g/mol. The van der Waals surface area contributed by atoms with Gasteiger partial charge < -0.3 is 14.8 Å². The molecule has 0 spiro atoms. The molecule has 1 amide bonds. The normalized spacial score (nSPS) is 19.6. The van der Waals surface area contributed by atoms with Gasteiger partial charge in [0, 0.05) is 12.3 Å². The first-order valence-electron chi connectivity index (χ1n) is 10.9. The van der Waals surface area contributed by atoms with E-state index in [9.17, 15) is 14.4 Å². The van der Waals surface area contributed by atoms with Gasteiger partial charge in [0.15, 0.2) is 0 Å². The summed E-state index contributed by atoms with van der Waals surface area (Å²) < 4.78 is 10.8. The van der Waals surface area contributed by atoms with E-state index in [1.54, 1.807) is 0 Å². The Balaban J connectivity index is 1.48. The Morgan fingerprint density at radius 1 is 0.758 bits per heavy atom.